The molecule has 0 fully saturated rings. The third-order valence-electron chi connectivity index (χ3n) is 4.53. The summed E-state index contributed by atoms with van der Waals surface area (Å²) >= 11 is 0. The highest BCUT2D eigenvalue weighted by molar-refractivity contribution is 7.90. The summed E-state index contributed by atoms with van der Waals surface area (Å²) in [6.07, 6.45) is 2.93. The van der Waals surface area contributed by atoms with Gasteiger partial charge in [0.2, 0.25) is 0 Å². The molecule has 9 nitrogen and oxygen atoms in total. The van der Waals surface area contributed by atoms with Crippen LogP contribution in [0.25, 0.3) is 11.0 Å². The fourth-order valence-electron chi connectivity index (χ4n) is 2.90. The summed E-state index contributed by atoms with van der Waals surface area (Å²) in [4.78, 5) is 25.4. The summed E-state index contributed by atoms with van der Waals surface area (Å²) in [5.41, 5.74) is 7.08. The Bertz CT molecular complexity index is 1410. The van der Waals surface area contributed by atoms with Crippen LogP contribution in [0.15, 0.2) is 78.0 Å². The van der Waals surface area contributed by atoms with Crippen molar-refractivity contribution in [3.8, 4) is 0 Å². The molecular weight excluding hydrogens is 434 g/mol. The minimum atomic E-state index is -3.62. The molecule has 4 rings (SSSR count). The van der Waals surface area contributed by atoms with Crippen molar-refractivity contribution in [1.29, 1.82) is 0 Å². The summed E-state index contributed by atoms with van der Waals surface area (Å²) in [7, 11) is -3.62. The first-order valence-corrected chi connectivity index (χ1v) is 10.7. The van der Waals surface area contributed by atoms with Crippen LogP contribution < -0.4 is 5.73 Å². The summed E-state index contributed by atoms with van der Waals surface area (Å²) in [5.74, 6) is -2.23. The maximum Gasteiger partial charge on any atom is 0.335 e. The van der Waals surface area contributed by atoms with Crippen LogP contribution in [0.4, 0.5) is 5.69 Å². The Kier molecular flexibility index (Phi) is 6.26. The maximum atomic E-state index is 12.5. The number of carboxylic acid groups (broad SMARTS) is 2. The quantitative estimate of drug-likeness (QED) is 0.426. The Morgan fingerprint density at radius 1 is 0.969 bits per heavy atom. The Balaban J connectivity index is 0.000000195. The molecule has 2 aromatic carbocycles. The number of hydrogen-bond acceptors (Lipinski definition) is 6. The highest BCUT2D eigenvalue weighted by Gasteiger charge is 2.19. The van der Waals surface area contributed by atoms with Crippen molar-refractivity contribution in [3.63, 3.8) is 0 Å². The standard InChI is InChI=1S/C13H11N3O2S.C9H8O4/c14-11-8-10-6-7-16(13(10)15-9-11)19(17,18)12-4-2-1-3-5-12;1-5-2-3-6(8(10)11)4-7(5)9(12)13/h1-9H,14H2;2-4H,1H3,(H,10,11)(H,12,13). The fourth-order valence-corrected chi connectivity index (χ4v) is 4.23. The lowest BCUT2D eigenvalue weighted by atomic mass is 10.1. The first-order valence-electron chi connectivity index (χ1n) is 9.21. The number of carboxylic acids is 2. The van der Waals surface area contributed by atoms with E-state index in [1.807, 2.05) is 0 Å². The van der Waals surface area contributed by atoms with E-state index >= 15 is 0 Å². The number of fused-ring (bicyclic) bond motifs is 1. The molecule has 0 aliphatic heterocycles. The normalized spacial score (nSPS) is 10.9. The van der Waals surface area contributed by atoms with Crippen molar-refractivity contribution < 1.29 is 28.2 Å². The molecular formula is C22H19N3O6S. The van der Waals surface area contributed by atoms with Crippen molar-refractivity contribution in [2.45, 2.75) is 11.8 Å². The molecule has 0 saturated carbocycles. The number of aromatic nitrogens is 2. The van der Waals surface area contributed by atoms with E-state index in [-0.39, 0.29) is 16.0 Å². The summed E-state index contributed by atoms with van der Waals surface area (Å²) in [5, 5.41) is 18.0. The largest absolute Gasteiger partial charge is 0.478 e. The molecule has 0 saturated heterocycles. The van der Waals surface area contributed by atoms with E-state index in [2.05, 4.69) is 4.98 Å². The Labute approximate surface area is 183 Å². The van der Waals surface area contributed by atoms with E-state index in [1.165, 1.54) is 24.5 Å². The molecule has 4 N–H and O–H groups in total. The van der Waals surface area contributed by atoms with Crippen LogP contribution in [-0.2, 0) is 10.0 Å². The number of carbonyl (C=O) groups is 2. The van der Waals surface area contributed by atoms with Crippen molar-refractivity contribution in [1.82, 2.24) is 8.96 Å². The Morgan fingerprint density at radius 2 is 1.66 bits per heavy atom. The topological polar surface area (TPSA) is 153 Å². The third-order valence-corrected chi connectivity index (χ3v) is 6.21. The number of hydrogen-bond donors (Lipinski definition) is 3. The van der Waals surface area contributed by atoms with Crippen LogP contribution in [0, 0.1) is 6.92 Å². The van der Waals surface area contributed by atoms with Gasteiger partial charge in [0.1, 0.15) is 0 Å². The third kappa shape index (κ3) is 4.60. The summed E-state index contributed by atoms with van der Waals surface area (Å²) < 4.78 is 26.1. The number of anilines is 1. The van der Waals surface area contributed by atoms with Gasteiger partial charge in [-0.3, -0.25) is 0 Å². The molecule has 2 aromatic heterocycles. The minimum absolute atomic E-state index is 0.0111. The second-order valence-corrected chi connectivity index (χ2v) is 8.57. The molecule has 0 unspecified atom stereocenters. The summed E-state index contributed by atoms with van der Waals surface area (Å²) in [6, 6.07) is 15.6. The van der Waals surface area contributed by atoms with E-state index < -0.39 is 22.0 Å². The van der Waals surface area contributed by atoms with Crippen molar-refractivity contribution in [3.05, 3.63) is 89.7 Å². The van der Waals surface area contributed by atoms with Crippen LogP contribution in [0.3, 0.4) is 0 Å². The zero-order valence-corrected chi connectivity index (χ0v) is 17.7. The van der Waals surface area contributed by atoms with Gasteiger partial charge in [-0.15, -0.1) is 0 Å². The minimum Gasteiger partial charge on any atom is -0.478 e. The number of aromatic carboxylic acids is 2. The van der Waals surface area contributed by atoms with Gasteiger partial charge < -0.3 is 15.9 Å². The van der Waals surface area contributed by atoms with Gasteiger partial charge in [-0.1, -0.05) is 24.3 Å². The first kappa shape index (κ1) is 22.5. The number of pyridine rings is 1. The van der Waals surface area contributed by atoms with Gasteiger partial charge in [0.15, 0.2) is 5.65 Å². The molecule has 0 aliphatic rings. The van der Waals surface area contributed by atoms with Gasteiger partial charge in [0, 0.05) is 11.6 Å². The van der Waals surface area contributed by atoms with Crippen molar-refractivity contribution >= 4 is 38.7 Å². The van der Waals surface area contributed by atoms with E-state index in [4.69, 9.17) is 15.9 Å². The smallest absolute Gasteiger partial charge is 0.335 e. The van der Waals surface area contributed by atoms with Gasteiger partial charge in [-0.2, -0.15) is 0 Å². The Hall–Kier alpha value is -4.18. The number of rotatable bonds is 4. The SMILES string of the molecule is Cc1ccc(C(=O)O)cc1C(=O)O.Nc1cnc2c(ccn2S(=O)(=O)c2ccccc2)c1. The predicted octanol–water partition coefficient (Wildman–Crippen LogP) is 3.25. The lowest BCUT2D eigenvalue weighted by Gasteiger charge is -2.06. The number of aryl methyl sites for hydroxylation is 1. The zero-order valence-electron chi connectivity index (χ0n) is 16.8. The molecule has 4 aromatic rings. The monoisotopic (exact) mass is 453 g/mol. The number of benzene rings is 2. The predicted molar refractivity (Wildman–Crippen MR) is 118 cm³/mol. The summed E-state index contributed by atoms with van der Waals surface area (Å²) in [6.45, 7) is 1.62. The lowest BCUT2D eigenvalue weighted by Crippen LogP contribution is -2.12. The average Bonchev–Trinajstić information content (AvgIpc) is 3.18. The lowest BCUT2D eigenvalue weighted by molar-refractivity contribution is 0.0695. The van der Waals surface area contributed by atoms with E-state index in [9.17, 15) is 18.0 Å². The van der Waals surface area contributed by atoms with E-state index in [0.29, 0.717) is 22.3 Å². The number of nitrogens with two attached hydrogens (primary N) is 1. The second kappa shape index (κ2) is 8.90. The van der Waals surface area contributed by atoms with Crippen LogP contribution >= 0.6 is 0 Å². The number of nitrogen functional groups attached to an aromatic ring is 1. The molecule has 0 radical (unpaired) electrons. The van der Waals surface area contributed by atoms with Gasteiger partial charge in [-0.05, 0) is 48.9 Å². The first-order chi connectivity index (χ1) is 15.1. The highest BCUT2D eigenvalue weighted by atomic mass is 32.2. The molecule has 0 aliphatic carbocycles. The van der Waals surface area contributed by atoms with Crippen molar-refractivity contribution in [2.75, 3.05) is 5.73 Å². The molecule has 10 heteroatoms. The molecule has 0 amide bonds. The second-order valence-electron chi connectivity index (χ2n) is 6.75. The zero-order chi connectivity index (χ0) is 23.5. The van der Waals surface area contributed by atoms with Gasteiger partial charge in [0.25, 0.3) is 10.0 Å². The van der Waals surface area contributed by atoms with Crippen LogP contribution in [0.1, 0.15) is 26.3 Å². The van der Waals surface area contributed by atoms with Crippen LogP contribution in [-0.4, -0.2) is 39.5 Å². The van der Waals surface area contributed by atoms with Gasteiger partial charge >= 0.3 is 11.9 Å². The molecule has 0 spiro atoms. The Morgan fingerprint density at radius 3 is 2.28 bits per heavy atom. The molecule has 0 atom stereocenters. The number of nitrogens with zero attached hydrogens (tertiary/aromatic N) is 2. The maximum absolute atomic E-state index is 12.5. The van der Waals surface area contributed by atoms with Crippen LogP contribution in [0.2, 0.25) is 0 Å². The molecule has 32 heavy (non-hydrogen) atoms. The van der Waals surface area contributed by atoms with Gasteiger partial charge in [0.05, 0.1) is 27.9 Å². The van der Waals surface area contributed by atoms with Crippen LogP contribution in [0.5, 0.6) is 0 Å². The molecule has 2 heterocycles. The van der Waals surface area contributed by atoms with E-state index in [0.717, 1.165) is 10.0 Å². The highest BCUT2D eigenvalue weighted by Crippen LogP contribution is 2.21. The average molecular weight is 453 g/mol. The fraction of sp³-hybridized carbons (Fsp3) is 0.0455. The van der Waals surface area contributed by atoms with Gasteiger partial charge in [-0.25, -0.2) is 27.0 Å². The molecule has 0 bridgehead atoms. The van der Waals surface area contributed by atoms with Crippen molar-refractivity contribution in [2.24, 2.45) is 0 Å². The molecule has 164 valence electrons. The van der Waals surface area contributed by atoms with E-state index in [1.54, 1.807) is 49.4 Å².